The first-order chi connectivity index (χ1) is 9.81. The normalized spacial score (nSPS) is 10.8. The quantitative estimate of drug-likeness (QED) is 0.498. The highest BCUT2D eigenvalue weighted by Crippen LogP contribution is 2.11. The average molecular weight is 270 g/mol. The van der Waals surface area contributed by atoms with Gasteiger partial charge in [0.1, 0.15) is 5.75 Å². The van der Waals surface area contributed by atoms with Crippen LogP contribution in [0.2, 0.25) is 0 Å². The maximum Gasteiger partial charge on any atom is 0.119 e. The molecule has 0 saturated carbocycles. The molecule has 1 aromatic heterocycles. The molecule has 0 radical (unpaired) electrons. The summed E-state index contributed by atoms with van der Waals surface area (Å²) in [6.45, 7) is 2.71. The molecule has 0 aliphatic rings. The number of rotatable bonds is 6. The van der Waals surface area contributed by atoms with Gasteiger partial charge in [-0.2, -0.15) is 0 Å². The maximum absolute atomic E-state index is 8.43. The zero-order valence-corrected chi connectivity index (χ0v) is 11.5. The minimum absolute atomic E-state index is 0.589. The fourth-order valence-corrected chi connectivity index (χ4v) is 1.80. The molecule has 0 aliphatic heterocycles. The molecule has 0 bridgehead atoms. The van der Waals surface area contributed by atoms with Gasteiger partial charge in [0.25, 0.3) is 0 Å². The minimum Gasteiger partial charge on any atom is -0.493 e. The van der Waals surface area contributed by atoms with Crippen molar-refractivity contribution >= 4 is 6.21 Å². The fourth-order valence-electron chi connectivity index (χ4n) is 1.80. The first-order valence-electron chi connectivity index (χ1n) is 6.66. The van der Waals surface area contributed by atoms with E-state index in [1.807, 2.05) is 36.5 Å². The van der Waals surface area contributed by atoms with E-state index >= 15 is 0 Å². The van der Waals surface area contributed by atoms with Gasteiger partial charge in [-0.15, -0.1) is 0 Å². The van der Waals surface area contributed by atoms with Crippen molar-refractivity contribution in [2.45, 2.75) is 19.8 Å². The molecule has 0 amide bonds. The second-order valence-electron chi connectivity index (χ2n) is 4.42. The highest BCUT2D eigenvalue weighted by Gasteiger charge is 1.98. The number of aryl methyl sites for hydroxylation is 1. The van der Waals surface area contributed by atoms with Crippen LogP contribution in [0.1, 0.15) is 23.7 Å². The SMILES string of the molecule is CCc1ccc(CCOc2ccc(/C=N/O)cc2)nc1. The monoisotopic (exact) mass is 270 g/mol. The van der Waals surface area contributed by atoms with Gasteiger partial charge in [0.2, 0.25) is 0 Å². The predicted molar refractivity (Wildman–Crippen MR) is 78.6 cm³/mol. The molecule has 0 unspecified atom stereocenters. The van der Waals surface area contributed by atoms with Crippen molar-refractivity contribution in [3.05, 3.63) is 59.4 Å². The van der Waals surface area contributed by atoms with Gasteiger partial charge in [-0.25, -0.2) is 0 Å². The Kier molecular flexibility index (Phi) is 5.12. The lowest BCUT2D eigenvalue weighted by Gasteiger charge is -2.06. The Bertz CT molecular complexity index is 548. The molecule has 0 fully saturated rings. The summed E-state index contributed by atoms with van der Waals surface area (Å²) in [4.78, 5) is 4.39. The molecule has 4 heteroatoms. The van der Waals surface area contributed by atoms with Crippen molar-refractivity contribution in [2.75, 3.05) is 6.61 Å². The van der Waals surface area contributed by atoms with Crippen LogP contribution in [-0.2, 0) is 12.8 Å². The third kappa shape index (κ3) is 4.09. The topological polar surface area (TPSA) is 54.7 Å². The number of oxime groups is 1. The summed E-state index contributed by atoms with van der Waals surface area (Å²) in [5, 5.41) is 11.4. The van der Waals surface area contributed by atoms with Gasteiger partial charge in [0.15, 0.2) is 0 Å². The van der Waals surface area contributed by atoms with Gasteiger partial charge in [-0.1, -0.05) is 18.1 Å². The largest absolute Gasteiger partial charge is 0.493 e. The Morgan fingerprint density at radius 3 is 2.60 bits per heavy atom. The van der Waals surface area contributed by atoms with E-state index in [1.54, 1.807) is 0 Å². The number of hydrogen-bond acceptors (Lipinski definition) is 4. The van der Waals surface area contributed by atoms with Crippen LogP contribution in [0.15, 0.2) is 47.8 Å². The summed E-state index contributed by atoms with van der Waals surface area (Å²) in [6, 6.07) is 11.5. The van der Waals surface area contributed by atoms with Crippen LogP contribution in [0.4, 0.5) is 0 Å². The average Bonchev–Trinajstić information content (AvgIpc) is 2.50. The zero-order valence-electron chi connectivity index (χ0n) is 11.5. The van der Waals surface area contributed by atoms with Gasteiger partial charge in [0.05, 0.1) is 12.8 Å². The van der Waals surface area contributed by atoms with Crippen molar-refractivity contribution in [1.82, 2.24) is 4.98 Å². The third-order valence-electron chi connectivity index (χ3n) is 3.01. The van der Waals surface area contributed by atoms with Gasteiger partial charge < -0.3 is 9.94 Å². The number of benzene rings is 1. The molecule has 0 spiro atoms. The molecule has 0 saturated heterocycles. The van der Waals surface area contributed by atoms with Crippen LogP contribution in [0.3, 0.4) is 0 Å². The Morgan fingerprint density at radius 1 is 1.20 bits per heavy atom. The smallest absolute Gasteiger partial charge is 0.119 e. The maximum atomic E-state index is 8.43. The van der Waals surface area contributed by atoms with Crippen LogP contribution in [0, 0.1) is 0 Å². The van der Waals surface area contributed by atoms with Gasteiger partial charge in [-0.05, 0) is 47.9 Å². The van der Waals surface area contributed by atoms with Gasteiger partial charge in [0, 0.05) is 18.3 Å². The Morgan fingerprint density at radius 2 is 2.00 bits per heavy atom. The Hall–Kier alpha value is -2.36. The van der Waals surface area contributed by atoms with E-state index in [0.717, 1.165) is 29.8 Å². The molecule has 1 aromatic carbocycles. The number of hydrogen-bond donors (Lipinski definition) is 1. The molecule has 104 valence electrons. The Balaban J connectivity index is 1.82. The lowest BCUT2D eigenvalue weighted by atomic mass is 10.2. The number of pyridine rings is 1. The predicted octanol–water partition coefficient (Wildman–Crippen LogP) is 3.07. The van der Waals surface area contributed by atoms with E-state index < -0.39 is 0 Å². The summed E-state index contributed by atoms with van der Waals surface area (Å²) in [5.74, 6) is 0.797. The van der Waals surface area contributed by atoms with Crippen molar-refractivity contribution in [2.24, 2.45) is 5.16 Å². The number of aromatic nitrogens is 1. The highest BCUT2D eigenvalue weighted by molar-refractivity contribution is 5.79. The molecule has 1 N–H and O–H groups in total. The summed E-state index contributed by atoms with van der Waals surface area (Å²) in [6.07, 6.45) is 5.08. The third-order valence-corrected chi connectivity index (χ3v) is 3.01. The van der Waals surface area contributed by atoms with Gasteiger partial charge in [-0.3, -0.25) is 4.98 Å². The van der Waals surface area contributed by atoms with E-state index in [4.69, 9.17) is 9.94 Å². The molecule has 20 heavy (non-hydrogen) atoms. The van der Waals surface area contributed by atoms with E-state index in [2.05, 4.69) is 23.1 Å². The Labute approximate surface area is 118 Å². The highest BCUT2D eigenvalue weighted by atomic mass is 16.5. The first kappa shape index (κ1) is 14.1. The molecular formula is C16H18N2O2. The number of nitrogens with zero attached hydrogens (tertiary/aromatic N) is 2. The second kappa shape index (κ2) is 7.28. The molecule has 0 aliphatic carbocycles. The van der Waals surface area contributed by atoms with Crippen molar-refractivity contribution < 1.29 is 9.94 Å². The molecule has 1 heterocycles. The van der Waals surface area contributed by atoms with E-state index in [0.29, 0.717) is 6.61 Å². The standard InChI is InChI=1S/C16H18N2O2/c1-2-13-3-6-15(17-11-13)9-10-20-16-7-4-14(5-8-16)12-18-19/h3-8,11-12,19H,2,9-10H2,1H3/b18-12+. The van der Waals surface area contributed by atoms with Gasteiger partial charge >= 0.3 is 0 Å². The first-order valence-corrected chi connectivity index (χ1v) is 6.66. The van der Waals surface area contributed by atoms with E-state index in [1.165, 1.54) is 11.8 Å². The van der Waals surface area contributed by atoms with Crippen molar-refractivity contribution in [3.8, 4) is 5.75 Å². The minimum atomic E-state index is 0.589. The van der Waals surface area contributed by atoms with Crippen LogP contribution in [0.25, 0.3) is 0 Å². The van der Waals surface area contributed by atoms with Crippen molar-refractivity contribution in [3.63, 3.8) is 0 Å². The van der Waals surface area contributed by atoms with Crippen molar-refractivity contribution in [1.29, 1.82) is 0 Å². The van der Waals surface area contributed by atoms with Crippen LogP contribution in [0.5, 0.6) is 5.75 Å². The summed E-state index contributed by atoms with van der Waals surface area (Å²) in [7, 11) is 0. The molecule has 0 atom stereocenters. The lowest BCUT2D eigenvalue weighted by molar-refractivity contribution is 0.320. The summed E-state index contributed by atoms with van der Waals surface area (Å²) < 4.78 is 5.65. The molecular weight excluding hydrogens is 252 g/mol. The molecule has 4 nitrogen and oxygen atoms in total. The summed E-state index contributed by atoms with van der Waals surface area (Å²) >= 11 is 0. The second-order valence-corrected chi connectivity index (χ2v) is 4.42. The van der Waals surface area contributed by atoms with Crippen LogP contribution >= 0.6 is 0 Å². The molecule has 2 rings (SSSR count). The van der Waals surface area contributed by atoms with Crippen LogP contribution in [-0.4, -0.2) is 23.0 Å². The lowest BCUT2D eigenvalue weighted by Crippen LogP contribution is -2.03. The van der Waals surface area contributed by atoms with E-state index in [-0.39, 0.29) is 0 Å². The fraction of sp³-hybridized carbons (Fsp3) is 0.250. The van der Waals surface area contributed by atoms with Crippen LogP contribution < -0.4 is 4.74 Å². The summed E-state index contributed by atoms with van der Waals surface area (Å²) in [5.41, 5.74) is 3.11. The molecule has 2 aromatic rings. The zero-order chi connectivity index (χ0) is 14.2. The number of ether oxygens (including phenoxy) is 1. The van der Waals surface area contributed by atoms with E-state index in [9.17, 15) is 0 Å².